The fraction of sp³-hybridized carbons (Fsp3) is 0.562. The molecule has 1 atom stereocenters. The Morgan fingerprint density at radius 2 is 2.20 bits per heavy atom. The van der Waals surface area contributed by atoms with Gasteiger partial charge in [0.25, 0.3) is 0 Å². The molecule has 0 amide bonds. The molecule has 0 aromatic carbocycles. The summed E-state index contributed by atoms with van der Waals surface area (Å²) in [5.74, 6) is 0.581. The minimum Gasteiger partial charge on any atom is -0.397 e. The fourth-order valence-electron chi connectivity index (χ4n) is 3.50. The van der Waals surface area contributed by atoms with Crippen LogP contribution >= 0.6 is 0 Å². The minimum atomic E-state index is 0.201. The van der Waals surface area contributed by atoms with E-state index in [1.165, 1.54) is 22.9 Å². The van der Waals surface area contributed by atoms with Gasteiger partial charge >= 0.3 is 0 Å². The van der Waals surface area contributed by atoms with Gasteiger partial charge in [0.15, 0.2) is 0 Å². The number of anilines is 1. The summed E-state index contributed by atoms with van der Waals surface area (Å²) < 4.78 is 2.13. The van der Waals surface area contributed by atoms with Gasteiger partial charge in [0.05, 0.1) is 11.9 Å². The highest BCUT2D eigenvalue weighted by Crippen LogP contribution is 2.38. The summed E-state index contributed by atoms with van der Waals surface area (Å²) in [5.41, 5.74) is 10.7. The largest absolute Gasteiger partial charge is 0.397 e. The number of piperidine rings is 1. The molecule has 0 radical (unpaired) electrons. The zero-order chi connectivity index (χ0) is 14.5. The molecule has 0 aliphatic carbocycles. The van der Waals surface area contributed by atoms with E-state index in [2.05, 4.69) is 48.9 Å². The van der Waals surface area contributed by atoms with Gasteiger partial charge in [-0.25, -0.2) is 4.98 Å². The number of nitrogens with one attached hydrogen (secondary N) is 1. The molecule has 2 aromatic rings. The standard InChI is InChI=1S/C16H24N4/c1-10-13(17)8-18-15-14(10)12(9-20(15)4)11-5-6-19-16(2,3)7-11/h8-9,11,19H,5-7,17H2,1-4H3. The number of nitrogens with two attached hydrogens (primary N) is 1. The molecule has 1 aliphatic rings. The Hall–Kier alpha value is -1.55. The van der Waals surface area contributed by atoms with Crippen molar-refractivity contribution in [3.05, 3.63) is 23.5 Å². The van der Waals surface area contributed by atoms with Crippen LogP contribution in [0.4, 0.5) is 5.69 Å². The van der Waals surface area contributed by atoms with E-state index in [1.807, 2.05) is 0 Å². The van der Waals surface area contributed by atoms with Gasteiger partial charge in [-0.1, -0.05) is 0 Å². The number of aromatic nitrogens is 2. The third kappa shape index (κ3) is 2.08. The second-order valence-corrected chi connectivity index (χ2v) is 6.73. The summed E-state index contributed by atoms with van der Waals surface area (Å²) in [6.45, 7) is 7.74. The molecule has 3 N–H and O–H groups in total. The Morgan fingerprint density at radius 3 is 2.90 bits per heavy atom. The summed E-state index contributed by atoms with van der Waals surface area (Å²) >= 11 is 0. The van der Waals surface area contributed by atoms with Crippen molar-refractivity contribution in [1.82, 2.24) is 14.9 Å². The van der Waals surface area contributed by atoms with Crippen molar-refractivity contribution in [3.63, 3.8) is 0 Å². The predicted octanol–water partition coefficient (Wildman–Crippen LogP) is 2.71. The zero-order valence-electron chi connectivity index (χ0n) is 12.8. The van der Waals surface area contributed by atoms with Crippen LogP contribution in [-0.2, 0) is 7.05 Å². The molecular formula is C16H24N4. The molecule has 4 nitrogen and oxygen atoms in total. The van der Waals surface area contributed by atoms with Crippen LogP contribution < -0.4 is 11.1 Å². The smallest absolute Gasteiger partial charge is 0.140 e. The Bertz CT molecular complexity index is 654. The topological polar surface area (TPSA) is 55.9 Å². The first-order valence-electron chi connectivity index (χ1n) is 7.34. The van der Waals surface area contributed by atoms with Crippen LogP contribution in [0.2, 0.25) is 0 Å². The monoisotopic (exact) mass is 272 g/mol. The van der Waals surface area contributed by atoms with Crippen LogP contribution in [0.15, 0.2) is 12.4 Å². The molecule has 1 fully saturated rings. The van der Waals surface area contributed by atoms with E-state index in [9.17, 15) is 0 Å². The lowest BCUT2D eigenvalue weighted by Gasteiger charge is -2.36. The number of rotatable bonds is 1. The summed E-state index contributed by atoms with van der Waals surface area (Å²) in [6.07, 6.45) is 6.35. The van der Waals surface area contributed by atoms with Crippen LogP contribution in [0.3, 0.4) is 0 Å². The van der Waals surface area contributed by atoms with Crippen molar-refractivity contribution < 1.29 is 0 Å². The first kappa shape index (κ1) is 13.4. The normalized spacial score (nSPS) is 22.3. The van der Waals surface area contributed by atoms with E-state index in [1.54, 1.807) is 6.20 Å². The molecule has 3 heterocycles. The molecule has 1 unspecified atom stereocenters. The first-order chi connectivity index (χ1) is 9.39. The Morgan fingerprint density at radius 1 is 1.45 bits per heavy atom. The molecule has 0 saturated carbocycles. The quantitative estimate of drug-likeness (QED) is 0.839. The van der Waals surface area contributed by atoms with Crippen LogP contribution in [0.1, 0.15) is 43.7 Å². The Labute approximate surface area is 120 Å². The van der Waals surface area contributed by atoms with E-state index in [0.29, 0.717) is 5.92 Å². The maximum atomic E-state index is 6.06. The van der Waals surface area contributed by atoms with Gasteiger partial charge in [-0.15, -0.1) is 0 Å². The van der Waals surface area contributed by atoms with Crippen molar-refractivity contribution in [2.75, 3.05) is 12.3 Å². The van der Waals surface area contributed by atoms with E-state index < -0.39 is 0 Å². The second-order valence-electron chi connectivity index (χ2n) is 6.73. The molecule has 0 spiro atoms. The fourth-order valence-corrected chi connectivity index (χ4v) is 3.50. The van der Waals surface area contributed by atoms with Crippen LogP contribution in [-0.4, -0.2) is 21.6 Å². The number of hydrogen-bond acceptors (Lipinski definition) is 3. The molecule has 3 rings (SSSR count). The van der Waals surface area contributed by atoms with Crippen molar-refractivity contribution in [2.24, 2.45) is 7.05 Å². The summed E-state index contributed by atoms with van der Waals surface area (Å²) in [7, 11) is 2.07. The van der Waals surface area contributed by atoms with Gasteiger partial charge < -0.3 is 15.6 Å². The molecule has 0 bridgehead atoms. The number of nitrogens with zero attached hydrogens (tertiary/aromatic N) is 2. The van der Waals surface area contributed by atoms with Crippen LogP contribution in [0.25, 0.3) is 11.0 Å². The van der Waals surface area contributed by atoms with E-state index in [0.717, 1.165) is 24.3 Å². The first-order valence-corrected chi connectivity index (χ1v) is 7.34. The van der Waals surface area contributed by atoms with Crippen LogP contribution in [0, 0.1) is 6.92 Å². The van der Waals surface area contributed by atoms with E-state index >= 15 is 0 Å². The Balaban J connectivity index is 2.14. The summed E-state index contributed by atoms with van der Waals surface area (Å²) in [4.78, 5) is 4.52. The minimum absolute atomic E-state index is 0.201. The number of pyridine rings is 1. The van der Waals surface area contributed by atoms with Crippen LogP contribution in [0.5, 0.6) is 0 Å². The summed E-state index contributed by atoms with van der Waals surface area (Å²) in [6, 6.07) is 0. The SMILES string of the molecule is Cc1c(N)cnc2c1c(C1CCNC(C)(C)C1)cn2C. The average molecular weight is 272 g/mol. The Kier molecular flexibility index (Phi) is 3.01. The number of aryl methyl sites for hydroxylation is 2. The summed E-state index contributed by atoms with van der Waals surface area (Å²) in [5, 5.41) is 4.85. The van der Waals surface area contributed by atoms with Gasteiger partial charge in [0.2, 0.25) is 0 Å². The molecular weight excluding hydrogens is 248 g/mol. The third-order valence-electron chi connectivity index (χ3n) is 4.61. The molecule has 1 saturated heterocycles. The van der Waals surface area contributed by atoms with Gasteiger partial charge in [-0.2, -0.15) is 0 Å². The average Bonchev–Trinajstić information content (AvgIpc) is 2.71. The van der Waals surface area contributed by atoms with Crippen molar-refractivity contribution >= 4 is 16.7 Å². The van der Waals surface area contributed by atoms with Gasteiger partial charge in [-0.05, 0) is 57.2 Å². The number of fused-ring (bicyclic) bond motifs is 1. The van der Waals surface area contributed by atoms with Gasteiger partial charge in [-0.3, -0.25) is 0 Å². The number of nitrogen functional groups attached to an aromatic ring is 1. The van der Waals surface area contributed by atoms with E-state index in [4.69, 9.17) is 5.73 Å². The predicted molar refractivity (Wildman–Crippen MR) is 83.9 cm³/mol. The molecule has 108 valence electrons. The lowest BCUT2D eigenvalue weighted by molar-refractivity contribution is 0.276. The van der Waals surface area contributed by atoms with Gasteiger partial charge in [0, 0.05) is 24.2 Å². The molecule has 1 aliphatic heterocycles. The van der Waals surface area contributed by atoms with E-state index in [-0.39, 0.29) is 5.54 Å². The lowest BCUT2D eigenvalue weighted by atomic mass is 9.80. The molecule has 4 heteroatoms. The zero-order valence-corrected chi connectivity index (χ0v) is 12.8. The maximum absolute atomic E-state index is 6.06. The highest BCUT2D eigenvalue weighted by Gasteiger charge is 2.30. The molecule has 20 heavy (non-hydrogen) atoms. The van der Waals surface area contributed by atoms with Crippen molar-refractivity contribution in [3.8, 4) is 0 Å². The third-order valence-corrected chi connectivity index (χ3v) is 4.61. The maximum Gasteiger partial charge on any atom is 0.140 e. The lowest BCUT2D eigenvalue weighted by Crippen LogP contribution is -2.45. The van der Waals surface area contributed by atoms with Crippen molar-refractivity contribution in [1.29, 1.82) is 0 Å². The molecule has 2 aromatic heterocycles. The number of hydrogen-bond donors (Lipinski definition) is 2. The highest BCUT2D eigenvalue weighted by atomic mass is 15.0. The van der Waals surface area contributed by atoms with Gasteiger partial charge in [0.1, 0.15) is 5.65 Å². The second kappa shape index (κ2) is 4.48. The van der Waals surface area contributed by atoms with Crippen molar-refractivity contribution in [2.45, 2.75) is 45.1 Å². The highest BCUT2D eigenvalue weighted by molar-refractivity contribution is 5.88.